The fourth-order valence-corrected chi connectivity index (χ4v) is 4.82. The van der Waals surface area contributed by atoms with Gasteiger partial charge in [0, 0.05) is 43.8 Å². The third kappa shape index (κ3) is 5.75. The van der Waals surface area contributed by atoms with Gasteiger partial charge in [-0.2, -0.15) is 5.10 Å². The van der Waals surface area contributed by atoms with E-state index in [1.54, 1.807) is 18.3 Å². The molecular formula is C22H33N5O2. The lowest BCUT2D eigenvalue weighted by molar-refractivity contribution is -0.123. The second-order valence-electron chi connectivity index (χ2n) is 8.95. The Balaban J connectivity index is 1.30. The van der Waals surface area contributed by atoms with E-state index in [4.69, 9.17) is 0 Å². The number of aromatic nitrogens is 2. The minimum atomic E-state index is -0.178. The third-order valence-electron chi connectivity index (χ3n) is 6.63. The van der Waals surface area contributed by atoms with Crippen molar-refractivity contribution in [1.82, 2.24) is 25.7 Å². The van der Waals surface area contributed by atoms with Crippen molar-refractivity contribution in [3.8, 4) is 0 Å². The van der Waals surface area contributed by atoms with Crippen LogP contribution in [0.1, 0.15) is 74.7 Å². The van der Waals surface area contributed by atoms with E-state index in [0.717, 1.165) is 38.1 Å². The predicted octanol–water partition coefficient (Wildman–Crippen LogP) is 2.29. The molecule has 0 unspecified atom stereocenters. The molecule has 4 rings (SSSR count). The quantitative estimate of drug-likeness (QED) is 0.700. The zero-order valence-corrected chi connectivity index (χ0v) is 17.2. The Hall–Kier alpha value is -2.02. The molecule has 2 heterocycles. The molecule has 2 aliphatic carbocycles. The zero-order chi connectivity index (χ0) is 20.1. The van der Waals surface area contributed by atoms with Crippen LogP contribution < -0.4 is 10.6 Å². The van der Waals surface area contributed by atoms with E-state index in [0.29, 0.717) is 30.7 Å². The van der Waals surface area contributed by atoms with E-state index < -0.39 is 0 Å². The summed E-state index contributed by atoms with van der Waals surface area (Å²) in [5, 5.41) is 13.9. The molecule has 2 saturated carbocycles. The monoisotopic (exact) mass is 399 g/mol. The average molecular weight is 400 g/mol. The van der Waals surface area contributed by atoms with Gasteiger partial charge < -0.3 is 10.6 Å². The summed E-state index contributed by atoms with van der Waals surface area (Å²) >= 11 is 0. The summed E-state index contributed by atoms with van der Waals surface area (Å²) in [6.45, 7) is 1.65. The highest BCUT2D eigenvalue weighted by Gasteiger charge is 2.38. The van der Waals surface area contributed by atoms with Gasteiger partial charge in [0.2, 0.25) is 5.91 Å². The first-order chi connectivity index (χ1) is 14.2. The number of nitrogens with one attached hydrogen (secondary N) is 2. The third-order valence-corrected chi connectivity index (χ3v) is 6.63. The predicted molar refractivity (Wildman–Crippen MR) is 110 cm³/mol. The van der Waals surface area contributed by atoms with Gasteiger partial charge in [0.1, 0.15) is 0 Å². The highest BCUT2D eigenvalue weighted by Crippen LogP contribution is 2.35. The molecule has 0 spiro atoms. The molecule has 29 heavy (non-hydrogen) atoms. The normalized spacial score (nSPS) is 25.7. The van der Waals surface area contributed by atoms with Gasteiger partial charge in [-0.3, -0.25) is 14.5 Å². The maximum Gasteiger partial charge on any atom is 0.271 e. The maximum absolute atomic E-state index is 12.6. The van der Waals surface area contributed by atoms with E-state index in [-0.39, 0.29) is 17.9 Å². The molecule has 1 aromatic heterocycles. The molecule has 3 aliphatic rings. The standard InChI is InChI=1S/C22H33N5O2/c28-21(25-17-5-2-1-3-6-17)13-18-10-11-19(27(18)15-16-8-9-16)14-23-22(29)20-7-4-12-24-26-20/h4,7,12,16-19H,1-3,5-6,8-11,13-15H2,(H,23,29)(H,25,28)/t18-,19+/m1/s1. The van der Waals surface area contributed by atoms with Crippen LogP contribution in [0, 0.1) is 5.92 Å². The molecule has 1 aromatic rings. The van der Waals surface area contributed by atoms with Gasteiger partial charge in [-0.05, 0) is 56.6 Å². The summed E-state index contributed by atoms with van der Waals surface area (Å²) < 4.78 is 0. The molecule has 3 fully saturated rings. The van der Waals surface area contributed by atoms with E-state index in [2.05, 4.69) is 25.7 Å². The van der Waals surface area contributed by atoms with Crippen molar-refractivity contribution < 1.29 is 9.59 Å². The number of hydrogen-bond donors (Lipinski definition) is 2. The van der Waals surface area contributed by atoms with Crippen molar-refractivity contribution in [2.45, 2.75) is 82.3 Å². The summed E-state index contributed by atoms with van der Waals surface area (Å²) in [7, 11) is 0. The summed E-state index contributed by atoms with van der Waals surface area (Å²) in [6, 6.07) is 4.35. The lowest BCUT2D eigenvalue weighted by Gasteiger charge is -2.31. The molecule has 0 radical (unpaired) electrons. The first-order valence-electron chi connectivity index (χ1n) is 11.3. The molecule has 1 saturated heterocycles. The lowest BCUT2D eigenvalue weighted by Crippen LogP contribution is -2.46. The minimum absolute atomic E-state index is 0.178. The van der Waals surface area contributed by atoms with Crippen LogP contribution in [0.25, 0.3) is 0 Å². The van der Waals surface area contributed by atoms with E-state index in [1.165, 1.54) is 32.1 Å². The number of rotatable bonds is 8. The van der Waals surface area contributed by atoms with Gasteiger partial charge in [-0.1, -0.05) is 19.3 Å². The molecular weight excluding hydrogens is 366 g/mol. The Morgan fingerprint density at radius 2 is 1.83 bits per heavy atom. The molecule has 7 nitrogen and oxygen atoms in total. The molecule has 2 atom stereocenters. The van der Waals surface area contributed by atoms with Gasteiger partial charge in [-0.25, -0.2) is 0 Å². The van der Waals surface area contributed by atoms with Crippen molar-refractivity contribution >= 4 is 11.8 Å². The smallest absolute Gasteiger partial charge is 0.271 e. The second kappa shape index (κ2) is 9.65. The van der Waals surface area contributed by atoms with Crippen molar-refractivity contribution in [1.29, 1.82) is 0 Å². The number of nitrogens with zero attached hydrogens (tertiary/aromatic N) is 3. The molecule has 0 aromatic carbocycles. The molecule has 0 bridgehead atoms. The average Bonchev–Trinajstić information content (AvgIpc) is 3.49. The first kappa shape index (κ1) is 20.3. The molecule has 2 amide bonds. The van der Waals surface area contributed by atoms with Crippen molar-refractivity contribution in [3.63, 3.8) is 0 Å². The Morgan fingerprint density at radius 1 is 1.03 bits per heavy atom. The van der Waals surface area contributed by atoms with Crippen LogP contribution >= 0.6 is 0 Å². The van der Waals surface area contributed by atoms with Crippen LogP contribution in [-0.4, -0.2) is 58.1 Å². The first-order valence-corrected chi connectivity index (χ1v) is 11.3. The van der Waals surface area contributed by atoms with Crippen LogP contribution in [0.4, 0.5) is 0 Å². The molecule has 1 aliphatic heterocycles. The van der Waals surface area contributed by atoms with Gasteiger partial charge in [-0.15, -0.1) is 5.10 Å². The Kier molecular flexibility index (Phi) is 6.74. The fraction of sp³-hybridized carbons (Fsp3) is 0.727. The van der Waals surface area contributed by atoms with Gasteiger partial charge in [0.15, 0.2) is 5.69 Å². The Bertz CT molecular complexity index is 688. The number of hydrogen-bond acceptors (Lipinski definition) is 5. The highest BCUT2D eigenvalue weighted by molar-refractivity contribution is 5.91. The van der Waals surface area contributed by atoms with E-state index >= 15 is 0 Å². The van der Waals surface area contributed by atoms with Crippen molar-refractivity contribution in [2.24, 2.45) is 5.92 Å². The second-order valence-corrected chi connectivity index (χ2v) is 8.95. The van der Waals surface area contributed by atoms with E-state index in [1.807, 2.05) is 0 Å². The van der Waals surface area contributed by atoms with Crippen LogP contribution in [0.3, 0.4) is 0 Å². The summed E-state index contributed by atoms with van der Waals surface area (Å²) in [6.07, 6.45) is 12.8. The molecule has 158 valence electrons. The Labute approximate surface area is 173 Å². The maximum atomic E-state index is 12.6. The van der Waals surface area contributed by atoms with E-state index in [9.17, 15) is 9.59 Å². The van der Waals surface area contributed by atoms with Crippen LogP contribution in [0.2, 0.25) is 0 Å². The molecule has 2 N–H and O–H groups in total. The fourth-order valence-electron chi connectivity index (χ4n) is 4.82. The summed E-state index contributed by atoms with van der Waals surface area (Å²) in [4.78, 5) is 27.5. The zero-order valence-electron chi connectivity index (χ0n) is 17.2. The lowest BCUT2D eigenvalue weighted by atomic mass is 9.95. The van der Waals surface area contributed by atoms with Gasteiger partial charge in [0.05, 0.1) is 0 Å². The summed E-state index contributed by atoms with van der Waals surface area (Å²) in [5.74, 6) is 0.783. The van der Waals surface area contributed by atoms with Crippen LogP contribution in [0.5, 0.6) is 0 Å². The number of likely N-dealkylation sites (tertiary alicyclic amines) is 1. The van der Waals surface area contributed by atoms with Crippen molar-refractivity contribution in [2.75, 3.05) is 13.1 Å². The van der Waals surface area contributed by atoms with Crippen LogP contribution in [0.15, 0.2) is 18.3 Å². The highest BCUT2D eigenvalue weighted by atomic mass is 16.2. The largest absolute Gasteiger partial charge is 0.353 e. The number of amides is 2. The minimum Gasteiger partial charge on any atom is -0.353 e. The van der Waals surface area contributed by atoms with Gasteiger partial charge in [0.25, 0.3) is 5.91 Å². The summed E-state index contributed by atoms with van der Waals surface area (Å²) in [5.41, 5.74) is 0.350. The number of carbonyl (C=O) groups excluding carboxylic acids is 2. The van der Waals surface area contributed by atoms with Gasteiger partial charge >= 0.3 is 0 Å². The molecule has 7 heteroatoms. The van der Waals surface area contributed by atoms with Crippen LogP contribution in [-0.2, 0) is 4.79 Å². The number of carbonyl (C=O) groups is 2. The van der Waals surface area contributed by atoms with Crippen molar-refractivity contribution in [3.05, 3.63) is 24.0 Å². The SMILES string of the molecule is O=C(C[C@H]1CC[C@@H](CNC(=O)c2cccnn2)N1CC1CC1)NC1CCCCC1. The Morgan fingerprint density at radius 3 is 2.55 bits per heavy atom. The topological polar surface area (TPSA) is 87.2 Å².